The van der Waals surface area contributed by atoms with Gasteiger partial charge in [-0.2, -0.15) is 0 Å². The van der Waals surface area contributed by atoms with Gasteiger partial charge in [0, 0.05) is 30.9 Å². The number of anilines is 1. The van der Waals surface area contributed by atoms with Crippen LogP contribution in [0.25, 0.3) is 0 Å². The van der Waals surface area contributed by atoms with Gasteiger partial charge < -0.3 is 15.4 Å². The minimum Gasteiger partial charge on any atom is -0.378 e. The summed E-state index contributed by atoms with van der Waals surface area (Å²) in [6.45, 7) is 3.86. The number of nitrogens with zero attached hydrogens (tertiary/aromatic N) is 1. The maximum absolute atomic E-state index is 5.39. The topological polar surface area (TPSA) is 46.2 Å². The first-order chi connectivity index (χ1) is 7.70. The fourth-order valence-corrected chi connectivity index (χ4v) is 2.07. The molecule has 1 aromatic heterocycles. The summed E-state index contributed by atoms with van der Waals surface area (Å²) in [5.41, 5.74) is 1.18. The van der Waals surface area contributed by atoms with Crippen molar-refractivity contribution < 1.29 is 4.74 Å². The first-order valence-electron chi connectivity index (χ1n) is 5.33. The van der Waals surface area contributed by atoms with Crippen LogP contribution in [0.4, 0.5) is 5.82 Å². The number of ether oxygens (including phenoxy) is 1. The van der Waals surface area contributed by atoms with E-state index in [2.05, 4.69) is 38.5 Å². The lowest BCUT2D eigenvalue weighted by Gasteiger charge is -2.19. The van der Waals surface area contributed by atoms with Crippen molar-refractivity contribution in [1.82, 2.24) is 10.3 Å². The summed E-state index contributed by atoms with van der Waals surface area (Å²) in [7, 11) is 1.74. The smallest absolute Gasteiger partial charge is 0.126 e. The van der Waals surface area contributed by atoms with Crippen LogP contribution in [0, 0.1) is 6.92 Å². The zero-order chi connectivity index (χ0) is 11.5. The predicted molar refractivity (Wildman–Crippen MR) is 67.8 cm³/mol. The number of aryl methyl sites for hydroxylation is 1. The van der Waals surface area contributed by atoms with Crippen LogP contribution in [0.2, 0.25) is 0 Å². The average Bonchev–Trinajstić information content (AvgIpc) is 2.71. The van der Waals surface area contributed by atoms with E-state index in [1.165, 1.54) is 5.56 Å². The minimum atomic E-state index is 0.214. The molecule has 2 N–H and O–H groups in total. The summed E-state index contributed by atoms with van der Waals surface area (Å²) < 4.78 is 6.42. The molecule has 2 heterocycles. The van der Waals surface area contributed by atoms with Gasteiger partial charge in [-0.05, 0) is 34.5 Å². The molecule has 0 aromatic carbocycles. The summed E-state index contributed by atoms with van der Waals surface area (Å²) >= 11 is 3.44. The molecule has 4 nitrogen and oxygen atoms in total. The van der Waals surface area contributed by atoms with Crippen molar-refractivity contribution in [3.63, 3.8) is 0 Å². The van der Waals surface area contributed by atoms with E-state index in [1.54, 1.807) is 7.11 Å². The van der Waals surface area contributed by atoms with E-state index in [0.29, 0.717) is 0 Å². The fourth-order valence-electron chi connectivity index (χ4n) is 1.85. The Morgan fingerprint density at radius 1 is 1.56 bits per heavy atom. The maximum Gasteiger partial charge on any atom is 0.126 e. The number of hydrogen-bond acceptors (Lipinski definition) is 4. The third kappa shape index (κ3) is 2.53. The van der Waals surface area contributed by atoms with E-state index >= 15 is 0 Å². The molecule has 0 saturated carbocycles. The summed E-state index contributed by atoms with van der Waals surface area (Å²) in [5, 5.41) is 6.69. The van der Waals surface area contributed by atoms with Crippen LogP contribution >= 0.6 is 15.9 Å². The van der Waals surface area contributed by atoms with Crippen LogP contribution in [0.1, 0.15) is 5.56 Å². The Kier molecular flexibility index (Phi) is 3.78. The third-order valence-corrected chi connectivity index (χ3v) is 3.67. The highest BCUT2D eigenvalue weighted by Crippen LogP contribution is 2.19. The average molecular weight is 286 g/mol. The standard InChI is InChI=1S/C11H16BrN3O/c1-7-3-11(14-4-8(7)12)15-9-5-13-6-10(9)16-2/h3-4,9-10,13H,5-6H2,1-2H3,(H,14,15)/t9?,10-/m0/s1. The summed E-state index contributed by atoms with van der Waals surface area (Å²) in [5.74, 6) is 0.899. The summed E-state index contributed by atoms with van der Waals surface area (Å²) in [6, 6.07) is 2.33. The van der Waals surface area contributed by atoms with Crippen molar-refractivity contribution in [2.75, 3.05) is 25.5 Å². The van der Waals surface area contributed by atoms with E-state index in [4.69, 9.17) is 4.74 Å². The molecule has 0 amide bonds. The van der Waals surface area contributed by atoms with Gasteiger partial charge in [0.15, 0.2) is 0 Å². The molecule has 0 aliphatic carbocycles. The molecule has 1 unspecified atom stereocenters. The van der Waals surface area contributed by atoms with Crippen LogP contribution in [0.5, 0.6) is 0 Å². The number of rotatable bonds is 3. The monoisotopic (exact) mass is 285 g/mol. The lowest BCUT2D eigenvalue weighted by Crippen LogP contribution is -2.33. The van der Waals surface area contributed by atoms with Gasteiger partial charge in [-0.1, -0.05) is 0 Å². The second-order valence-electron chi connectivity index (χ2n) is 4.00. The SMILES string of the molecule is CO[C@H]1CNCC1Nc1cc(C)c(Br)cn1. The molecule has 1 aliphatic heterocycles. The first-order valence-corrected chi connectivity index (χ1v) is 6.12. The zero-order valence-electron chi connectivity index (χ0n) is 9.46. The van der Waals surface area contributed by atoms with Gasteiger partial charge in [0.1, 0.15) is 5.82 Å². The molecule has 0 bridgehead atoms. The summed E-state index contributed by atoms with van der Waals surface area (Å²) in [4.78, 5) is 4.33. The fraction of sp³-hybridized carbons (Fsp3) is 0.545. The number of pyridine rings is 1. The van der Waals surface area contributed by atoms with Crippen molar-refractivity contribution in [3.05, 3.63) is 22.3 Å². The number of halogens is 1. The molecule has 2 rings (SSSR count). The Morgan fingerprint density at radius 2 is 2.38 bits per heavy atom. The molecule has 1 aromatic rings. The summed E-state index contributed by atoms with van der Waals surface area (Å²) in [6.07, 6.45) is 2.03. The van der Waals surface area contributed by atoms with Gasteiger partial charge in [-0.3, -0.25) is 0 Å². The Hall–Kier alpha value is -0.650. The number of nitrogens with one attached hydrogen (secondary N) is 2. The molecule has 1 aliphatic rings. The Morgan fingerprint density at radius 3 is 3.06 bits per heavy atom. The molecule has 0 spiro atoms. The van der Waals surface area contributed by atoms with E-state index in [9.17, 15) is 0 Å². The van der Waals surface area contributed by atoms with Gasteiger partial charge in [-0.15, -0.1) is 0 Å². The molecular weight excluding hydrogens is 270 g/mol. The van der Waals surface area contributed by atoms with Crippen LogP contribution < -0.4 is 10.6 Å². The normalized spacial score (nSPS) is 24.7. The molecule has 1 fully saturated rings. The van der Waals surface area contributed by atoms with Crippen molar-refractivity contribution in [3.8, 4) is 0 Å². The highest BCUT2D eigenvalue weighted by atomic mass is 79.9. The minimum absolute atomic E-state index is 0.214. The van der Waals surface area contributed by atoms with Gasteiger partial charge in [0.05, 0.1) is 12.1 Å². The highest BCUT2D eigenvalue weighted by molar-refractivity contribution is 9.10. The lowest BCUT2D eigenvalue weighted by molar-refractivity contribution is 0.111. The van der Waals surface area contributed by atoms with Gasteiger partial charge in [0.25, 0.3) is 0 Å². The molecule has 88 valence electrons. The Balaban J connectivity index is 2.05. The van der Waals surface area contributed by atoms with E-state index in [0.717, 1.165) is 23.4 Å². The third-order valence-electron chi connectivity index (χ3n) is 2.84. The Labute approximate surface area is 104 Å². The number of hydrogen-bond donors (Lipinski definition) is 2. The van der Waals surface area contributed by atoms with Gasteiger partial charge in [0.2, 0.25) is 0 Å². The maximum atomic E-state index is 5.39. The predicted octanol–water partition coefficient (Wildman–Crippen LogP) is 1.55. The molecule has 1 saturated heterocycles. The van der Waals surface area contributed by atoms with Crippen molar-refractivity contribution in [2.45, 2.75) is 19.1 Å². The van der Waals surface area contributed by atoms with Crippen molar-refractivity contribution in [1.29, 1.82) is 0 Å². The van der Waals surface area contributed by atoms with Crippen LogP contribution in [-0.2, 0) is 4.74 Å². The number of methoxy groups -OCH3 is 1. The number of aromatic nitrogens is 1. The van der Waals surface area contributed by atoms with Crippen molar-refractivity contribution >= 4 is 21.7 Å². The molecule has 5 heteroatoms. The van der Waals surface area contributed by atoms with Crippen LogP contribution in [-0.4, -0.2) is 37.3 Å². The van der Waals surface area contributed by atoms with Gasteiger partial charge in [-0.25, -0.2) is 4.98 Å². The van der Waals surface area contributed by atoms with E-state index in [-0.39, 0.29) is 12.1 Å². The molecule has 16 heavy (non-hydrogen) atoms. The second kappa shape index (κ2) is 5.12. The highest BCUT2D eigenvalue weighted by Gasteiger charge is 2.26. The largest absolute Gasteiger partial charge is 0.378 e. The Bertz CT molecular complexity index is 372. The quantitative estimate of drug-likeness (QED) is 0.885. The van der Waals surface area contributed by atoms with Gasteiger partial charge >= 0.3 is 0 Å². The molecule has 0 radical (unpaired) electrons. The van der Waals surface area contributed by atoms with Crippen LogP contribution in [0.15, 0.2) is 16.7 Å². The first kappa shape index (κ1) is 11.8. The van der Waals surface area contributed by atoms with E-state index in [1.807, 2.05) is 12.3 Å². The lowest BCUT2D eigenvalue weighted by atomic mass is 10.2. The molecular formula is C11H16BrN3O. The second-order valence-corrected chi connectivity index (χ2v) is 4.86. The molecule has 2 atom stereocenters. The van der Waals surface area contributed by atoms with E-state index < -0.39 is 0 Å². The van der Waals surface area contributed by atoms with Crippen LogP contribution in [0.3, 0.4) is 0 Å². The zero-order valence-corrected chi connectivity index (χ0v) is 11.0. The van der Waals surface area contributed by atoms with Crippen molar-refractivity contribution in [2.24, 2.45) is 0 Å².